The fraction of sp³-hybridized carbons (Fsp3) is 0.0909. The highest BCUT2D eigenvalue weighted by Gasteiger charge is 2.07. The van der Waals surface area contributed by atoms with E-state index in [1.807, 2.05) is 13.0 Å². The summed E-state index contributed by atoms with van der Waals surface area (Å²) in [5.41, 5.74) is 9.76. The number of benzene rings is 1. The van der Waals surface area contributed by atoms with Crippen LogP contribution in [-0.2, 0) is 0 Å². The molecule has 0 aliphatic heterocycles. The van der Waals surface area contributed by atoms with Crippen molar-refractivity contribution in [3.05, 3.63) is 33.3 Å². The van der Waals surface area contributed by atoms with Crippen molar-refractivity contribution in [2.75, 3.05) is 16.5 Å². The van der Waals surface area contributed by atoms with Gasteiger partial charge in [-0.2, -0.15) is 9.97 Å². The van der Waals surface area contributed by atoms with Gasteiger partial charge in [-0.15, -0.1) is 0 Å². The molecule has 0 aliphatic rings. The van der Waals surface area contributed by atoms with Gasteiger partial charge < -0.3 is 16.5 Å². The highest BCUT2D eigenvalue weighted by Crippen LogP contribution is 2.31. The molecule has 19 heavy (non-hydrogen) atoms. The number of halogens is 2. The minimum atomic E-state index is 0.118. The van der Waals surface area contributed by atoms with Crippen LogP contribution in [0.2, 0.25) is 5.02 Å². The minimum Gasteiger partial charge on any atom is -0.368 e. The van der Waals surface area contributed by atoms with Crippen LogP contribution in [-0.4, -0.2) is 9.97 Å². The second-order valence-electron chi connectivity index (χ2n) is 3.85. The molecule has 2 aromatic rings. The van der Waals surface area contributed by atoms with Gasteiger partial charge in [-0.3, -0.25) is 0 Å². The maximum absolute atomic E-state index is 6.09. The van der Waals surface area contributed by atoms with E-state index in [0.29, 0.717) is 16.7 Å². The Morgan fingerprint density at radius 1 is 1.21 bits per heavy atom. The maximum atomic E-state index is 6.09. The molecule has 100 valence electrons. The van der Waals surface area contributed by atoms with Gasteiger partial charge in [0.2, 0.25) is 5.95 Å². The summed E-state index contributed by atoms with van der Waals surface area (Å²) in [7, 11) is 0. The van der Waals surface area contributed by atoms with E-state index in [1.165, 1.54) is 0 Å². The van der Waals surface area contributed by atoms with E-state index in [2.05, 4.69) is 36.6 Å². The number of aryl methyl sites for hydroxylation is 1. The fourth-order valence-electron chi connectivity index (χ4n) is 1.48. The van der Waals surface area contributed by atoms with Crippen LogP contribution < -0.4 is 22.3 Å². The van der Waals surface area contributed by atoms with E-state index in [-0.39, 0.29) is 5.95 Å². The Morgan fingerprint density at radius 2 is 1.89 bits per heavy atom. The van der Waals surface area contributed by atoms with Crippen LogP contribution in [0, 0.1) is 6.92 Å². The summed E-state index contributed by atoms with van der Waals surface area (Å²) in [6.45, 7) is 1.93. The number of rotatable bonds is 3. The largest absolute Gasteiger partial charge is 0.368 e. The first-order chi connectivity index (χ1) is 8.99. The van der Waals surface area contributed by atoms with Gasteiger partial charge >= 0.3 is 0 Å². The summed E-state index contributed by atoms with van der Waals surface area (Å²) in [5.74, 6) is 6.35. The van der Waals surface area contributed by atoms with Crippen LogP contribution in [0.25, 0.3) is 0 Å². The summed E-state index contributed by atoms with van der Waals surface area (Å²) in [6, 6.07) is 5.35. The van der Waals surface area contributed by atoms with Crippen molar-refractivity contribution < 1.29 is 0 Å². The number of nitrogens with one attached hydrogen (secondary N) is 2. The average Bonchev–Trinajstić information content (AvgIpc) is 2.35. The van der Waals surface area contributed by atoms with Crippen LogP contribution in [0.4, 0.5) is 23.3 Å². The zero-order chi connectivity index (χ0) is 14.0. The Morgan fingerprint density at radius 3 is 2.58 bits per heavy atom. The Balaban J connectivity index is 2.36. The Kier molecular flexibility index (Phi) is 4.08. The molecular weight excluding hydrogens is 332 g/mol. The number of anilines is 4. The van der Waals surface area contributed by atoms with Gasteiger partial charge in [0.15, 0.2) is 0 Å². The Labute approximate surface area is 123 Å². The zero-order valence-corrected chi connectivity index (χ0v) is 12.4. The molecule has 0 unspecified atom stereocenters. The van der Waals surface area contributed by atoms with Crippen molar-refractivity contribution in [2.24, 2.45) is 5.84 Å². The molecule has 0 radical (unpaired) electrons. The molecule has 1 heterocycles. The number of hydrogen-bond donors (Lipinski definition) is 4. The summed E-state index contributed by atoms with van der Waals surface area (Å²) in [5, 5.41) is 3.76. The molecular formula is C11H12BrClN6. The van der Waals surface area contributed by atoms with E-state index in [0.717, 1.165) is 15.7 Å². The summed E-state index contributed by atoms with van der Waals surface area (Å²) >= 11 is 9.55. The molecule has 0 amide bonds. The number of aromatic nitrogens is 2. The standard InChI is InChI=1S/C11H12BrClN6/c1-5-2-6(12)8(3-7(5)13)16-9-4-10(19-15)18-11(14)17-9/h2-4H,15H2,1H3,(H4,14,16,17,18,19). The summed E-state index contributed by atoms with van der Waals surface area (Å²) in [4.78, 5) is 7.97. The molecule has 0 fully saturated rings. The third-order valence-corrected chi connectivity index (χ3v) is 3.47. The monoisotopic (exact) mass is 342 g/mol. The molecule has 0 saturated heterocycles. The number of hydrogen-bond acceptors (Lipinski definition) is 6. The van der Waals surface area contributed by atoms with Crippen molar-refractivity contribution in [1.29, 1.82) is 0 Å². The first-order valence-electron chi connectivity index (χ1n) is 5.33. The molecule has 0 atom stereocenters. The van der Waals surface area contributed by atoms with Crippen LogP contribution in [0.5, 0.6) is 0 Å². The van der Waals surface area contributed by atoms with Gasteiger partial charge in [-0.1, -0.05) is 11.6 Å². The average molecular weight is 344 g/mol. The third-order valence-electron chi connectivity index (χ3n) is 2.40. The molecule has 0 aliphatic carbocycles. The molecule has 8 heteroatoms. The molecule has 6 N–H and O–H groups in total. The van der Waals surface area contributed by atoms with Crippen molar-refractivity contribution in [3.63, 3.8) is 0 Å². The predicted molar refractivity (Wildman–Crippen MR) is 81.4 cm³/mol. The van der Waals surface area contributed by atoms with Gasteiger partial charge in [-0.05, 0) is 40.5 Å². The lowest BCUT2D eigenvalue weighted by Crippen LogP contribution is -2.11. The molecule has 0 bridgehead atoms. The van der Waals surface area contributed by atoms with Crippen LogP contribution >= 0.6 is 27.5 Å². The second kappa shape index (κ2) is 5.60. The normalized spacial score (nSPS) is 10.3. The minimum absolute atomic E-state index is 0.118. The van der Waals surface area contributed by atoms with Gasteiger partial charge in [0.25, 0.3) is 0 Å². The van der Waals surface area contributed by atoms with E-state index < -0.39 is 0 Å². The molecule has 0 saturated carbocycles. The van der Waals surface area contributed by atoms with Crippen molar-refractivity contribution in [1.82, 2.24) is 9.97 Å². The fourth-order valence-corrected chi connectivity index (χ4v) is 2.20. The maximum Gasteiger partial charge on any atom is 0.223 e. The highest BCUT2D eigenvalue weighted by atomic mass is 79.9. The number of hydrazine groups is 1. The first kappa shape index (κ1) is 13.9. The van der Waals surface area contributed by atoms with Crippen LogP contribution in [0.15, 0.2) is 22.7 Å². The zero-order valence-electron chi connectivity index (χ0n) is 10.0. The van der Waals surface area contributed by atoms with Crippen molar-refractivity contribution in [3.8, 4) is 0 Å². The molecule has 1 aromatic heterocycles. The Bertz CT molecular complexity index is 618. The topological polar surface area (TPSA) is 102 Å². The van der Waals surface area contributed by atoms with E-state index in [1.54, 1.807) is 12.1 Å². The molecule has 6 nitrogen and oxygen atoms in total. The Hall–Kier alpha value is -1.57. The van der Waals surface area contributed by atoms with Gasteiger partial charge in [0.05, 0.1) is 5.69 Å². The van der Waals surface area contributed by atoms with E-state index in [4.69, 9.17) is 23.2 Å². The lowest BCUT2D eigenvalue weighted by molar-refractivity contribution is 1.15. The first-order valence-corrected chi connectivity index (χ1v) is 6.50. The highest BCUT2D eigenvalue weighted by molar-refractivity contribution is 9.10. The molecule has 0 spiro atoms. The van der Waals surface area contributed by atoms with Gasteiger partial charge in [0.1, 0.15) is 11.6 Å². The predicted octanol–water partition coefficient (Wildman–Crippen LogP) is 2.81. The second-order valence-corrected chi connectivity index (χ2v) is 5.11. The van der Waals surface area contributed by atoms with E-state index >= 15 is 0 Å². The van der Waals surface area contributed by atoms with Crippen LogP contribution in [0.1, 0.15) is 5.56 Å². The lowest BCUT2D eigenvalue weighted by atomic mass is 10.2. The van der Waals surface area contributed by atoms with Crippen molar-refractivity contribution in [2.45, 2.75) is 6.92 Å². The summed E-state index contributed by atoms with van der Waals surface area (Å²) in [6.07, 6.45) is 0. The lowest BCUT2D eigenvalue weighted by Gasteiger charge is -2.11. The van der Waals surface area contributed by atoms with Crippen molar-refractivity contribution >= 4 is 50.8 Å². The SMILES string of the molecule is Cc1cc(Br)c(Nc2cc(NN)nc(N)n2)cc1Cl. The van der Waals surface area contributed by atoms with Crippen LogP contribution in [0.3, 0.4) is 0 Å². The van der Waals surface area contributed by atoms with E-state index in [9.17, 15) is 0 Å². The number of nitrogens with two attached hydrogens (primary N) is 2. The number of nitrogen functional groups attached to an aromatic ring is 2. The quantitative estimate of drug-likeness (QED) is 0.505. The molecule has 2 rings (SSSR count). The van der Waals surface area contributed by atoms with Gasteiger partial charge in [-0.25, -0.2) is 5.84 Å². The number of nitrogens with zero attached hydrogens (tertiary/aromatic N) is 2. The smallest absolute Gasteiger partial charge is 0.223 e. The van der Waals surface area contributed by atoms with Gasteiger partial charge in [0, 0.05) is 15.6 Å². The third kappa shape index (κ3) is 3.25. The summed E-state index contributed by atoms with van der Waals surface area (Å²) < 4.78 is 0.869. The molecule has 1 aromatic carbocycles.